The molecule has 0 radical (unpaired) electrons. The van der Waals surface area contributed by atoms with Gasteiger partial charge in [-0.3, -0.25) is 0 Å². The van der Waals surface area contributed by atoms with Crippen molar-refractivity contribution in [2.75, 3.05) is 7.11 Å². The molecule has 2 aromatic heterocycles. The molecule has 19 heavy (non-hydrogen) atoms. The Bertz CT molecular complexity index is 749. The lowest BCUT2D eigenvalue weighted by Crippen LogP contribution is -1.94. The van der Waals surface area contributed by atoms with Gasteiger partial charge in [0.2, 0.25) is 0 Å². The van der Waals surface area contributed by atoms with E-state index in [1.807, 2.05) is 37.4 Å². The molecule has 0 atom stereocenters. The first-order valence-corrected chi connectivity index (χ1v) is 6.33. The second-order valence-electron chi connectivity index (χ2n) is 4.35. The molecule has 1 aromatic carbocycles. The summed E-state index contributed by atoms with van der Waals surface area (Å²) in [5, 5.41) is 1.58. The lowest BCUT2D eigenvalue weighted by Gasteiger charge is -2.09. The van der Waals surface area contributed by atoms with Gasteiger partial charge in [0, 0.05) is 18.0 Å². The van der Waals surface area contributed by atoms with Gasteiger partial charge in [0.05, 0.1) is 24.5 Å². The van der Waals surface area contributed by atoms with Crippen molar-refractivity contribution < 1.29 is 4.74 Å². The zero-order valence-electron chi connectivity index (χ0n) is 10.7. The van der Waals surface area contributed by atoms with Gasteiger partial charge >= 0.3 is 0 Å². The number of benzene rings is 1. The van der Waals surface area contributed by atoms with Crippen LogP contribution < -0.4 is 4.74 Å². The molecule has 0 spiro atoms. The van der Waals surface area contributed by atoms with E-state index >= 15 is 0 Å². The molecule has 3 rings (SSSR count). The zero-order chi connectivity index (χ0) is 13.4. The highest BCUT2D eigenvalue weighted by atomic mass is 35.5. The van der Waals surface area contributed by atoms with Gasteiger partial charge in [-0.05, 0) is 24.3 Å². The summed E-state index contributed by atoms with van der Waals surface area (Å²) >= 11 is 5.94. The fourth-order valence-electron chi connectivity index (χ4n) is 2.32. The molecule has 0 aliphatic heterocycles. The van der Waals surface area contributed by atoms with Crippen molar-refractivity contribution >= 4 is 22.5 Å². The van der Waals surface area contributed by atoms with Crippen LogP contribution in [-0.2, 0) is 7.05 Å². The van der Waals surface area contributed by atoms with Crippen LogP contribution in [0.4, 0.5) is 0 Å². The first-order chi connectivity index (χ1) is 9.20. The molecule has 0 aliphatic carbocycles. The van der Waals surface area contributed by atoms with E-state index in [2.05, 4.69) is 15.6 Å². The van der Waals surface area contributed by atoms with Gasteiger partial charge in [-0.25, -0.2) is 4.98 Å². The molecule has 96 valence electrons. The normalized spacial score (nSPS) is 10.9. The van der Waals surface area contributed by atoms with Gasteiger partial charge in [-0.2, -0.15) is 0 Å². The SMILES string of the molecule is COc1ccccc1-c1cc2cc(Cl)ncc2n1C. The first kappa shape index (κ1) is 12.1. The third kappa shape index (κ3) is 1.96. The van der Waals surface area contributed by atoms with Gasteiger partial charge < -0.3 is 9.30 Å². The van der Waals surface area contributed by atoms with E-state index < -0.39 is 0 Å². The maximum atomic E-state index is 5.94. The summed E-state index contributed by atoms with van der Waals surface area (Å²) in [6, 6.07) is 11.9. The minimum Gasteiger partial charge on any atom is -0.496 e. The fraction of sp³-hybridized carbons (Fsp3) is 0.133. The van der Waals surface area contributed by atoms with Crippen LogP contribution in [0, 0.1) is 0 Å². The van der Waals surface area contributed by atoms with Crippen LogP contribution in [0.2, 0.25) is 5.15 Å². The Morgan fingerprint density at radius 3 is 2.79 bits per heavy atom. The molecule has 4 heteroatoms. The maximum Gasteiger partial charge on any atom is 0.129 e. The van der Waals surface area contributed by atoms with Crippen molar-refractivity contribution in [3.63, 3.8) is 0 Å². The topological polar surface area (TPSA) is 27.1 Å². The minimum atomic E-state index is 0.504. The minimum absolute atomic E-state index is 0.504. The largest absolute Gasteiger partial charge is 0.496 e. The number of aromatic nitrogens is 2. The van der Waals surface area contributed by atoms with E-state index in [1.54, 1.807) is 13.3 Å². The average molecular weight is 273 g/mol. The third-order valence-corrected chi connectivity index (χ3v) is 3.49. The van der Waals surface area contributed by atoms with E-state index in [0.717, 1.165) is 27.9 Å². The molecular weight excluding hydrogens is 260 g/mol. The van der Waals surface area contributed by atoms with Crippen LogP contribution in [0.15, 0.2) is 42.6 Å². The third-order valence-electron chi connectivity index (χ3n) is 3.28. The summed E-state index contributed by atoms with van der Waals surface area (Å²) in [5.74, 6) is 0.854. The van der Waals surface area contributed by atoms with Gasteiger partial charge in [-0.15, -0.1) is 0 Å². The Morgan fingerprint density at radius 2 is 2.00 bits per heavy atom. The smallest absolute Gasteiger partial charge is 0.129 e. The molecule has 2 heterocycles. The van der Waals surface area contributed by atoms with Crippen LogP contribution >= 0.6 is 11.6 Å². The lowest BCUT2D eigenvalue weighted by atomic mass is 10.1. The van der Waals surface area contributed by atoms with Crippen molar-refractivity contribution in [1.29, 1.82) is 0 Å². The molecule has 3 aromatic rings. The highest BCUT2D eigenvalue weighted by Crippen LogP contribution is 2.33. The molecule has 0 fully saturated rings. The summed E-state index contributed by atoms with van der Waals surface area (Å²) in [4.78, 5) is 4.13. The predicted molar refractivity (Wildman–Crippen MR) is 77.7 cm³/mol. The van der Waals surface area contributed by atoms with Crippen LogP contribution in [0.25, 0.3) is 22.2 Å². The number of ether oxygens (including phenoxy) is 1. The number of hydrogen-bond donors (Lipinski definition) is 0. The zero-order valence-corrected chi connectivity index (χ0v) is 11.5. The van der Waals surface area contributed by atoms with Crippen molar-refractivity contribution in [3.8, 4) is 17.0 Å². The second-order valence-corrected chi connectivity index (χ2v) is 4.74. The number of hydrogen-bond acceptors (Lipinski definition) is 2. The highest BCUT2D eigenvalue weighted by Gasteiger charge is 2.12. The maximum absolute atomic E-state index is 5.94. The van der Waals surface area contributed by atoms with E-state index in [-0.39, 0.29) is 0 Å². The summed E-state index contributed by atoms with van der Waals surface area (Å²) in [6.07, 6.45) is 1.79. The van der Waals surface area contributed by atoms with Gasteiger partial charge in [-0.1, -0.05) is 23.7 Å². The van der Waals surface area contributed by atoms with Crippen LogP contribution in [0.3, 0.4) is 0 Å². The summed E-state index contributed by atoms with van der Waals surface area (Å²) in [7, 11) is 3.69. The summed E-state index contributed by atoms with van der Waals surface area (Å²) in [6.45, 7) is 0. The first-order valence-electron chi connectivity index (χ1n) is 5.95. The quantitative estimate of drug-likeness (QED) is 0.662. The lowest BCUT2D eigenvalue weighted by molar-refractivity contribution is 0.416. The fourth-order valence-corrected chi connectivity index (χ4v) is 2.49. The highest BCUT2D eigenvalue weighted by molar-refractivity contribution is 6.30. The number of fused-ring (bicyclic) bond motifs is 1. The van der Waals surface area contributed by atoms with Crippen molar-refractivity contribution in [1.82, 2.24) is 9.55 Å². The Kier molecular flexibility index (Phi) is 2.91. The Morgan fingerprint density at radius 1 is 1.21 bits per heavy atom. The molecular formula is C15H13ClN2O. The molecule has 0 saturated heterocycles. The van der Waals surface area contributed by atoms with E-state index in [4.69, 9.17) is 16.3 Å². The number of rotatable bonds is 2. The van der Waals surface area contributed by atoms with Crippen LogP contribution in [-0.4, -0.2) is 16.7 Å². The number of para-hydroxylation sites is 1. The van der Waals surface area contributed by atoms with Crippen LogP contribution in [0.5, 0.6) is 5.75 Å². The Hall–Kier alpha value is -2.00. The second kappa shape index (κ2) is 4.59. The van der Waals surface area contributed by atoms with Gasteiger partial charge in [0.15, 0.2) is 0 Å². The number of aryl methyl sites for hydroxylation is 1. The summed E-state index contributed by atoms with van der Waals surface area (Å²) in [5.41, 5.74) is 3.18. The number of halogens is 1. The molecule has 0 aliphatic rings. The standard InChI is InChI=1S/C15H13ClN2O/c1-18-12(11-5-3-4-6-14(11)19-2)7-10-8-15(16)17-9-13(10)18/h3-9H,1-2H3. The monoisotopic (exact) mass is 272 g/mol. The number of nitrogens with zero attached hydrogens (tertiary/aromatic N) is 2. The number of methoxy groups -OCH3 is 1. The Labute approximate surface area is 116 Å². The predicted octanol–water partition coefficient (Wildman–Crippen LogP) is 3.90. The molecule has 3 nitrogen and oxygen atoms in total. The molecule has 0 unspecified atom stereocenters. The van der Waals surface area contributed by atoms with Crippen molar-refractivity contribution in [3.05, 3.63) is 47.7 Å². The summed E-state index contributed by atoms with van der Waals surface area (Å²) < 4.78 is 7.51. The van der Waals surface area contributed by atoms with Crippen molar-refractivity contribution in [2.24, 2.45) is 7.05 Å². The molecule has 0 amide bonds. The van der Waals surface area contributed by atoms with E-state index in [1.165, 1.54) is 0 Å². The van der Waals surface area contributed by atoms with E-state index in [9.17, 15) is 0 Å². The van der Waals surface area contributed by atoms with Crippen LogP contribution in [0.1, 0.15) is 0 Å². The average Bonchev–Trinajstić information content (AvgIpc) is 2.75. The number of pyridine rings is 1. The molecule has 0 saturated carbocycles. The van der Waals surface area contributed by atoms with Crippen molar-refractivity contribution in [2.45, 2.75) is 0 Å². The Balaban J connectivity index is 2.28. The van der Waals surface area contributed by atoms with Gasteiger partial charge in [0.25, 0.3) is 0 Å². The molecule has 0 N–H and O–H groups in total. The molecule has 0 bridgehead atoms. The van der Waals surface area contributed by atoms with Gasteiger partial charge in [0.1, 0.15) is 10.9 Å². The van der Waals surface area contributed by atoms with E-state index in [0.29, 0.717) is 5.15 Å².